The van der Waals surface area contributed by atoms with Crippen LogP contribution in [0.4, 0.5) is 11.4 Å². The van der Waals surface area contributed by atoms with Crippen LogP contribution >= 0.6 is 11.6 Å². The number of nitro benzene ring substituents is 1. The molecule has 2 aromatic rings. The van der Waals surface area contributed by atoms with E-state index in [4.69, 9.17) is 11.6 Å². The third-order valence-corrected chi connectivity index (χ3v) is 2.82. The highest BCUT2D eigenvalue weighted by Gasteiger charge is 2.15. The summed E-state index contributed by atoms with van der Waals surface area (Å²) in [6.45, 7) is 0. The van der Waals surface area contributed by atoms with Gasteiger partial charge in [-0.1, -0.05) is 17.7 Å². The largest absolute Gasteiger partial charge is 0.508 e. The molecular weight excluding hydrogens is 284 g/mol. The lowest BCUT2D eigenvalue weighted by Crippen LogP contribution is -2.12. The molecule has 0 saturated carbocycles. The number of benzene rings is 2. The minimum Gasteiger partial charge on any atom is -0.508 e. The third kappa shape index (κ3) is 3.04. The molecule has 0 bridgehead atoms. The van der Waals surface area contributed by atoms with Gasteiger partial charge in [0.1, 0.15) is 5.75 Å². The summed E-state index contributed by atoms with van der Waals surface area (Å²) in [5, 5.41) is 22.4. The fourth-order valence-corrected chi connectivity index (χ4v) is 1.84. The predicted octanol–water partition coefficient (Wildman–Crippen LogP) is 3.21. The van der Waals surface area contributed by atoms with E-state index in [1.54, 1.807) is 12.1 Å². The van der Waals surface area contributed by atoms with E-state index in [0.717, 1.165) is 6.07 Å². The van der Waals surface area contributed by atoms with Gasteiger partial charge in [0.2, 0.25) is 0 Å². The average Bonchev–Trinajstić information content (AvgIpc) is 2.38. The van der Waals surface area contributed by atoms with E-state index in [2.05, 4.69) is 5.32 Å². The van der Waals surface area contributed by atoms with Crippen LogP contribution in [-0.2, 0) is 0 Å². The number of nitro groups is 1. The number of halogens is 1. The molecule has 0 unspecified atom stereocenters. The molecule has 20 heavy (non-hydrogen) atoms. The molecule has 0 radical (unpaired) electrons. The highest BCUT2D eigenvalue weighted by molar-refractivity contribution is 6.34. The second kappa shape index (κ2) is 5.58. The quantitative estimate of drug-likeness (QED) is 0.671. The number of aromatic hydroxyl groups is 1. The van der Waals surface area contributed by atoms with Crippen LogP contribution in [0.3, 0.4) is 0 Å². The van der Waals surface area contributed by atoms with Gasteiger partial charge in [0.15, 0.2) is 0 Å². The van der Waals surface area contributed by atoms with Crippen molar-refractivity contribution in [2.45, 2.75) is 0 Å². The molecule has 0 aliphatic heterocycles. The van der Waals surface area contributed by atoms with E-state index in [-0.39, 0.29) is 22.0 Å². The van der Waals surface area contributed by atoms with Crippen molar-refractivity contribution in [1.82, 2.24) is 0 Å². The lowest BCUT2D eigenvalue weighted by molar-refractivity contribution is -0.384. The second-order valence-electron chi connectivity index (χ2n) is 3.93. The highest BCUT2D eigenvalue weighted by atomic mass is 35.5. The molecule has 2 aromatic carbocycles. The Morgan fingerprint density at radius 2 is 2.00 bits per heavy atom. The first-order chi connectivity index (χ1) is 9.47. The van der Waals surface area contributed by atoms with Crippen molar-refractivity contribution >= 4 is 28.9 Å². The van der Waals surface area contributed by atoms with Gasteiger partial charge in [0.05, 0.1) is 15.5 Å². The number of nitrogens with zero attached hydrogens (tertiary/aromatic N) is 1. The van der Waals surface area contributed by atoms with Crippen LogP contribution in [0, 0.1) is 10.1 Å². The number of phenols is 1. The van der Waals surface area contributed by atoms with E-state index in [0.29, 0.717) is 5.69 Å². The zero-order valence-electron chi connectivity index (χ0n) is 10.0. The SMILES string of the molecule is O=C(Nc1cccc(O)c1)c1ccc([N+](=O)[O-])cc1Cl. The maximum Gasteiger partial charge on any atom is 0.270 e. The molecule has 7 heteroatoms. The molecule has 0 saturated heterocycles. The molecule has 0 fully saturated rings. The second-order valence-corrected chi connectivity index (χ2v) is 4.33. The van der Waals surface area contributed by atoms with Crippen LogP contribution < -0.4 is 5.32 Å². The molecule has 0 aliphatic carbocycles. The zero-order chi connectivity index (χ0) is 14.7. The topological polar surface area (TPSA) is 92.5 Å². The number of phenolic OH excluding ortho intramolecular Hbond substituents is 1. The van der Waals surface area contributed by atoms with Crippen LogP contribution in [-0.4, -0.2) is 15.9 Å². The van der Waals surface area contributed by atoms with Crippen molar-refractivity contribution in [3.63, 3.8) is 0 Å². The Hall–Kier alpha value is -2.60. The molecule has 0 aromatic heterocycles. The number of hydrogen-bond donors (Lipinski definition) is 2. The Morgan fingerprint density at radius 3 is 2.60 bits per heavy atom. The summed E-state index contributed by atoms with van der Waals surface area (Å²) in [5.41, 5.74) is 0.314. The molecule has 0 heterocycles. The molecule has 2 rings (SSSR count). The van der Waals surface area contributed by atoms with Gasteiger partial charge in [-0.2, -0.15) is 0 Å². The number of anilines is 1. The van der Waals surface area contributed by atoms with Crippen LogP contribution in [0.15, 0.2) is 42.5 Å². The standard InChI is InChI=1S/C13H9ClN2O4/c14-12-7-9(16(19)20)4-5-11(12)13(18)15-8-2-1-3-10(17)6-8/h1-7,17H,(H,15,18). The summed E-state index contributed by atoms with van der Waals surface area (Å²) in [5.74, 6) is -0.506. The zero-order valence-corrected chi connectivity index (χ0v) is 10.8. The van der Waals surface area contributed by atoms with Gasteiger partial charge in [0.25, 0.3) is 11.6 Å². The van der Waals surface area contributed by atoms with Gasteiger partial charge in [0, 0.05) is 23.9 Å². The molecule has 0 atom stereocenters. The highest BCUT2D eigenvalue weighted by Crippen LogP contribution is 2.24. The van der Waals surface area contributed by atoms with E-state index in [1.165, 1.54) is 24.3 Å². The summed E-state index contributed by atoms with van der Waals surface area (Å²) in [7, 11) is 0. The van der Waals surface area contributed by atoms with Crippen LogP contribution in [0.1, 0.15) is 10.4 Å². The lowest BCUT2D eigenvalue weighted by atomic mass is 10.2. The average molecular weight is 293 g/mol. The molecule has 102 valence electrons. The first-order valence-electron chi connectivity index (χ1n) is 5.51. The number of hydrogen-bond acceptors (Lipinski definition) is 4. The molecule has 1 amide bonds. The minimum absolute atomic E-state index is 0.0117. The molecular formula is C13H9ClN2O4. The van der Waals surface area contributed by atoms with Crippen molar-refractivity contribution in [2.75, 3.05) is 5.32 Å². The van der Waals surface area contributed by atoms with Gasteiger partial charge in [-0.25, -0.2) is 0 Å². The van der Waals surface area contributed by atoms with Gasteiger partial charge in [-0.05, 0) is 18.2 Å². The monoisotopic (exact) mass is 292 g/mol. The number of carbonyl (C=O) groups excluding carboxylic acids is 1. The molecule has 0 aliphatic rings. The number of rotatable bonds is 3. The Bertz CT molecular complexity index is 688. The van der Waals surface area contributed by atoms with E-state index < -0.39 is 10.8 Å². The first-order valence-corrected chi connectivity index (χ1v) is 5.89. The summed E-state index contributed by atoms with van der Waals surface area (Å²) in [4.78, 5) is 22.0. The van der Waals surface area contributed by atoms with Crippen molar-refractivity contribution in [1.29, 1.82) is 0 Å². The fraction of sp³-hybridized carbons (Fsp3) is 0. The van der Waals surface area contributed by atoms with Crippen LogP contribution in [0.25, 0.3) is 0 Å². The van der Waals surface area contributed by atoms with Gasteiger partial charge in [-0.15, -0.1) is 0 Å². The Kier molecular flexibility index (Phi) is 3.86. The summed E-state index contributed by atoms with van der Waals surface area (Å²) < 4.78 is 0. The van der Waals surface area contributed by atoms with Gasteiger partial charge in [-0.3, -0.25) is 14.9 Å². The Balaban J connectivity index is 2.23. The fourth-order valence-electron chi connectivity index (χ4n) is 1.58. The van der Waals surface area contributed by atoms with Gasteiger partial charge < -0.3 is 10.4 Å². The van der Waals surface area contributed by atoms with E-state index in [1.807, 2.05) is 0 Å². The van der Waals surface area contributed by atoms with Crippen LogP contribution in [0.2, 0.25) is 5.02 Å². The number of amides is 1. The van der Waals surface area contributed by atoms with Crippen molar-refractivity contribution in [3.8, 4) is 5.75 Å². The molecule has 0 spiro atoms. The van der Waals surface area contributed by atoms with Gasteiger partial charge >= 0.3 is 0 Å². The third-order valence-electron chi connectivity index (χ3n) is 2.51. The Morgan fingerprint density at radius 1 is 1.25 bits per heavy atom. The summed E-state index contributed by atoms with van der Waals surface area (Å²) in [6, 6.07) is 9.59. The number of nitrogens with one attached hydrogen (secondary N) is 1. The number of non-ortho nitro benzene ring substituents is 1. The maximum atomic E-state index is 12.0. The molecule has 2 N–H and O–H groups in total. The normalized spacial score (nSPS) is 10.1. The van der Waals surface area contributed by atoms with E-state index in [9.17, 15) is 20.0 Å². The van der Waals surface area contributed by atoms with Crippen molar-refractivity contribution in [3.05, 3.63) is 63.2 Å². The minimum atomic E-state index is -0.594. The number of carbonyl (C=O) groups is 1. The summed E-state index contributed by atoms with van der Waals surface area (Å²) >= 11 is 5.85. The van der Waals surface area contributed by atoms with E-state index >= 15 is 0 Å². The van der Waals surface area contributed by atoms with Crippen molar-refractivity contribution in [2.24, 2.45) is 0 Å². The summed E-state index contributed by atoms with van der Waals surface area (Å²) in [6.07, 6.45) is 0. The van der Waals surface area contributed by atoms with Crippen LogP contribution in [0.5, 0.6) is 5.75 Å². The van der Waals surface area contributed by atoms with Crippen molar-refractivity contribution < 1.29 is 14.8 Å². The molecule has 6 nitrogen and oxygen atoms in total. The maximum absolute atomic E-state index is 12.0. The Labute approximate surface area is 118 Å². The lowest BCUT2D eigenvalue weighted by Gasteiger charge is -2.07. The first kappa shape index (κ1) is 13.8. The predicted molar refractivity (Wildman–Crippen MR) is 74.2 cm³/mol. The smallest absolute Gasteiger partial charge is 0.270 e.